The highest BCUT2D eigenvalue weighted by atomic mass is 35.6. The van der Waals surface area contributed by atoms with Gasteiger partial charge in [-0.05, 0) is 41.5 Å². The highest BCUT2D eigenvalue weighted by Gasteiger charge is 2.36. The van der Waals surface area contributed by atoms with Crippen LogP contribution >= 0.6 is 70.2 Å². The van der Waals surface area contributed by atoms with Crippen LogP contribution in [0.3, 0.4) is 0 Å². The highest BCUT2D eigenvalue weighted by molar-refractivity contribution is 7.80. The van der Waals surface area contributed by atoms with Crippen molar-refractivity contribution >= 4 is 86.9 Å². The predicted octanol–water partition coefficient (Wildman–Crippen LogP) is 6.92. The Kier molecular flexibility index (Phi) is 9.10. The van der Waals surface area contributed by atoms with Gasteiger partial charge < -0.3 is 16.0 Å². The summed E-state index contributed by atoms with van der Waals surface area (Å²) in [5.41, 5.74) is 2.04. The summed E-state index contributed by atoms with van der Waals surface area (Å²) in [6.07, 6.45) is -1.15. The van der Waals surface area contributed by atoms with E-state index in [1.165, 1.54) is 0 Å². The van der Waals surface area contributed by atoms with E-state index in [2.05, 4.69) is 16.0 Å². The number of thiocarbonyl (C=S) groups is 1. The minimum atomic E-state index is -1.92. The third-order valence-corrected chi connectivity index (χ3v) is 6.03. The van der Waals surface area contributed by atoms with Crippen LogP contribution in [0.1, 0.15) is 17.0 Å². The molecule has 172 valence electrons. The lowest BCUT2D eigenvalue weighted by Crippen LogP contribution is -2.57. The molecule has 3 aromatic carbocycles. The maximum atomic E-state index is 13.4. The van der Waals surface area contributed by atoms with E-state index >= 15 is 0 Å². The molecule has 1 amide bonds. The molecule has 10 heteroatoms. The van der Waals surface area contributed by atoms with Crippen LogP contribution in [-0.2, 0) is 4.79 Å². The summed E-state index contributed by atoms with van der Waals surface area (Å²) in [7, 11) is 0. The average Bonchev–Trinajstić information content (AvgIpc) is 2.77. The Morgan fingerprint density at radius 2 is 1.36 bits per heavy atom. The number of amides is 1. The van der Waals surface area contributed by atoms with Gasteiger partial charge in [0.15, 0.2) is 5.11 Å². The Hall–Kier alpha value is -1.73. The smallest absolute Gasteiger partial charge is 0.233 e. The SMILES string of the molecule is O=C(NC(NC(=S)Nc1cc(Cl)ccc1Cl)C(Cl)(Cl)Cl)C(c1ccccc1)c1ccccc1. The summed E-state index contributed by atoms with van der Waals surface area (Å²) < 4.78 is -1.92. The molecule has 1 unspecified atom stereocenters. The summed E-state index contributed by atoms with van der Waals surface area (Å²) in [6.45, 7) is 0. The molecule has 1 atom stereocenters. The van der Waals surface area contributed by atoms with Crippen molar-refractivity contribution < 1.29 is 4.79 Å². The third-order valence-electron chi connectivity index (χ3n) is 4.59. The van der Waals surface area contributed by atoms with Crippen LogP contribution in [0, 0.1) is 0 Å². The first-order chi connectivity index (χ1) is 15.6. The van der Waals surface area contributed by atoms with E-state index in [0.29, 0.717) is 15.7 Å². The maximum Gasteiger partial charge on any atom is 0.233 e. The van der Waals surface area contributed by atoms with Gasteiger partial charge in [0.05, 0.1) is 16.6 Å². The zero-order valence-corrected chi connectivity index (χ0v) is 21.5. The van der Waals surface area contributed by atoms with Crippen LogP contribution < -0.4 is 16.0 Å². The van der Waals surface area contributed by atoms with Crippen molar-refractivity contribution in [2.24, 2.45) is 0 Å². The van der Waals surface area contributed by atoms with Crippen molar-refractivity contribution in [3.8, 4) is 0 Å². The van der Waals surface area contributed by atoms with E-state index in [-0.39, 0.29) is 11.0 Å². The second kappa shape index (κ2) is 11.6. The van der Waals surface area contributed by atoms with Crippen LogP contribution in [0.4, 0.5) is 5.69 Å². The number of benzene rings is 3. The number of carbonyl (C=O) groups is 1. The van der Waals surface area contributed by atoms with Crippen molar-refractivity contribution in [1.29, 1.82) is 0 Å². The summed E-state index contributed by atoms with van der Waals surface area (Å²) in [5.74, 6) is -1.01. The van der Waals surface area contributed by atoms with Crippen LogP contribution in [0.15, 0.2) is 78.9 Å². The Labute approximate surface area is 222 Å². The fraction of sp³-hybridized carbons (Fsp3) is 0.130. The largest absolute Gasteiger partial charge is 0.339 e. The van der Waals surface area contributed by atoms with Crippen molar-refractivity contribution in [3.63, 3.8) is 0 Å². The number of alkyl halides is 3. The molecule has 0 heterocycles. The van der Waals surface area contributed by atoms with E-state index < -0.39 is 15.9 Å². The fourth-order valence-electron chi connectivity index (χ4n) is 3.09. The molecule has 0 radical (unpaired) electrons. The molecule has 33 heavy (non-hydrogen) atoms. The molecule has 0 fully saturated rings. The Balaban J connectivity index is 1.81. The Bertz CT molecular complexity index is 1070. The monoisotopic (exact) mass is 559 g/mol. The van der Waals surface area contributed by atoms with Crippen molar-refractivity contribution in [1.82, 2.24) is 10.6 Å². The maximum absolute atomic E-state index is 13.4. The molecule has 4 nitrogen and oxygen atoms in total. The second-order valence-corrected chi connectivity index (χ2v) is 10.6. The van der Waals surface area contributed by atoms with E-state index in [1.807, 2.05) is 60.7 Å². The molecule has 3 rings (SSSR count). The minimum Gasteiger partial charge on any atom is -0.339 e. The normalized spacial score (nSPS) is 12.2. The number of nitrogens with one attached hydrogen (secondary N) is 3. The molecule has 0 aliphatic carbocycles. The Morgan fingerprint density at radius 3 is 1.88 bits per heavy atom. The first-order valence-electron chi connectivity index (χ1n) is 9.64. The Morgan fingerprint density at radius 1 is 0.818 bits per heavy atom. The number of hydrogen-bond acceptors (Lipinski definition) is 2. The lowest BCUT2D eigenvalue weighted by molar-refractivity contribution is -0.122. The molecule has 0 saturated heterocycles. The van der Waals surface area contributed by atoms with E-state index in [1.54, 1.807) is 18.2 Å². The van der Waals surface area contributed by atoms with Crippen molar-refractivity contribution in [2.75, 3.05) is 5.32 Å². The first-order valence-corrected chi connectivity index (χ1v) is 11.9. The molecule has 3 N–H and O–H groups in total. The second-order valence-electron chi connectivity index (χ2n) is 6.96. The molecular weight excluding hydrogens is 544 g/mol. The number of halogens is 5. The average molecular weight is 562 g/mol. The summed E-state index contributed by atoms with van der Waals surface area (Å²) >= 11 is 36.0. The third kappa shape index (κ3) is 7.38. The number of hydrogen-bond donors (Lipinski definition) is 3. The van der Waals surface area contributed by atoms with Gasteiger partial charge in [-0.3, -0.25) is 4.79 Å². The predicted molar refractivity (Wildman–Crippen MR) is 143 cm³/mol. The van der Waals surface area contributed by atoms with Gasteiger partial charge in [0.25, 0.3) is 0 Å². The fourth-order valence-corrected chi connectivity index (χ4v) is 3.99. The molecule has 0 saturated carbocycles. The zero-order valence-electron chi connectivity index (χ0n) is 16.9. The molecule has 0 bridgehead atoms. The number of carbonyl (C=O) groups excluding carboxylic acids is 1. The van der Waals surface area contributed by atoms with Gasteiger partial charge in [0.2, 0.25) is 9.70 Å². The quantitative estimate of drug-likeness (QED) is 0.174. The lowest BCUT2D eigenvalue weighted by atomic mass is 9.90. The summed E-state index contributed by atoms with van der Waals surface area (Å²) in [4.78, 5) is 13.4. The molecule has 3 aromatic rings. The number of anilines is 1. The van der Waals surface area contributed by atoms with Crippen molar-refractivity contribution in [2.45, 2.75) is 15.9 Å². The highest BCUT2D eigenvalue weighted by Crippen LogP contribution is 2.31. The van der Waals surface area contributed by atoms with Gasteiger partial charge in [-0.2, -0.15) is 0 Å². The molecule has 0 aliphatic rings. The topological polar surface area (TPSA) is 53.2 Å². The molecule has 0 spiro atoms. The van der Waals surface area contributed by atoms with Gasteiger partial charge in [-0.15, -0.1) is 0 Å². The van der Waals surface area contributed by atoms with Gasteiger partial charge in [0.1, 0.15) is 6.17 Å². The van der Waals surface area contributed by atoms with E-state index in [9.17, 15) is 4.79 Å². The van der Waals surface area contributed by atoms with Crippen LogP contribution in [0.2, 0.25) is 10.0 Å². The van der Waals surface area contributed by atoms with Gasteiger partial charge in [-0.1, -0.05) is 119 Å². The first kappa shape index (κ1) is 25.9. The van der Waals surface area contributed by atoms with Crippen LogP contribution in [0.25, 0.3) is 0 Å². The van der Waals surface area contributed by atoms with E-state index in [4.69, 9.17) is 70.2 Å². The summed E-state index contributed by atoms with van der Waals surface area (Å²) in [5, 5.41) is 9.42. The minimum absolute atomic E-state index is 0.0757. The van der Waals surface area contributed by atoms with Gasteiger partial charge >= 0.3 is 0 Å². The van der Waals surface area contributed by atoms with Crippen LogP contribution in [0.5, 0.6) is 0 Å². The van der Waals surface area contributed by atoms with E-state index in [0.717, 1.165) is 11.1 Å². The molecule has 0 aliphatic heterocycles. The zero-order chi connectivity index (χ0) is 24.0. The van der Waals surface area contributed by atoms with Crippen molar-refractivity contribution in [3.05, 3.63) is 100 Å². The standard InChI is InChI=1S/C23H18Cl5N3OS/c24-16-11-12-17(25)18(13-16)29-22(33)31-21(23(26,27)28)30-20(32)19(14-7-3-1-4-8-14)15-9-5-2-6-10-15/h1-13,19,21H,(H,30,32)(H2,29,31,33). The summed E-state index contributed by atoms with van der Waals surface area (Å²) in [6, 6.07) is 23.5. The number of rotatable bonds is 6. The van der Waals surface area contributed by atoms with Gasteiger partial charge in [-0.25, -0.2) is 0 Å². The van der Waals surface area contributed by atoms with Gasteiger partial charge in [0, 0.05) is 5.02 Å². The van der Waals surface area contributed by atoms with Crippen LogP contribution in [-0.4, -0.2) is 21.0 Å². The molecular formula is C23H18Cl5N3OS. The lowest BCUT2D eigenvalue weighted by Gasteiger charge is -2.30. The molecule has 0 aromatic heterocycles.